The minimum absolute atomic E-state index is 0.232. The number of rotatable bonds is 5. The van der Waals surface area contributed by atoms with E-state index < -0.39 is 6.10 Å². The Kier molecular flexibility index (Phi) is 5.33. The summed E-state index contributed by atoms with van der Waals surface area (Å²) in [5.41, 5.74) is 0.698. The minimum atomic E-state index is -0.626. The zero-order chi connectivity index (χ0) is 15.2. The summed E-state index contributed by atoms with van der Waals surface area (Å²) in [7, 11) is 0. The van der Waals surface area contributed by atoms with E-state index in [1.54, 1.807) is 12.1 Å². The fourth-order valence-electron chi connectivity index (χ4n) is 1.76. The second-order valence-corrected chi connectivity index (χ2v) is 5.38. The number of anilines is 1. The molecule has 0 spiro atoms. The molecular formula is C16H15BrFNO2. The van der Waals surface area contributed by atoms with Crippen LogP contribution in [-0.4, -0.2) is 12.0 Å². The number of hydrogen-bond acceptors (Lipinski definition) is 2. The van der Waals surface area contributed by atoms with Crippen molar-refractivity contribution in [2.24, 2.45) is 0 Å². The quantitative estimate of drug-likeness (QED) is 0.867. The number of halogens is 2. The van der Waals surface area contributed by atoms with Crippen molar-refractivity contribution in [1.82, 2.24) is 0 Å². The van der Waals surface area contributed by atoms with Crippen LogP contribution in [0.2, 0.25) is 0 Å². The van der Waals surface area contributed by atoms with E-state index in [2.05, 4.69) is 21.2 Å². The van der Waals surface area contributed by atoms with Crippen molar-refractivity contribution in [3.05, 3.63) is 58.8 Å². The Hall–Kier alpha value is -1.88. The zero-order valence-corrected chi connectivity index (χ0v) is 13.1. The number of amides is 1. The highest BCUT2D eigenvalue weighted by molar-refractivity contribution is 9.10. The Bertz CT molecular complexity index is 599. The molecule has 2 rings (SSSR count). The van der Waals surface area contributed by atoms with Crippen LogP contribution in [0.25, 0.3) is 0 Å². The number of carbonyl (C=O) groups excluding carboxylic acids is 1. The summed E-state index contributed by atoms with van der Waals surface area (Å²) >= 11 is 3.34. The van der Waals surface area contributed by atoms with Gasteiger partial charge in [0.25, 0.3) is 5.91 Å². The van der Waals surface area contributed by atoms with E-state index >= 15 is 0 Å². The molecule has 110 valence electrons. The molecule has 1 amide bonds. The van der Waals surface area contributed by atoms with Crippen LogP contribution in [0.3, 0.4) is 0 Å². The Labute approximate surface area is 131 Å². The molecule has 0 radical (unpaired) electrons. The van der Waals surface area contributed by atoms with Gasteiger partial charge in [0.2, 0.25) is 0 Å². The molecule has 0 fully saturated rings. The van der Waals surface area contributed by atoms with Gasteiger partial charge in [-0.2, -0.15) is 0 Å². The first-order valence-corrected chi connectivity index (χ1v) is 7.36. The van der Waals surface area contributed by atoms with Gasteiger partial charge in [0.15, 0.2) is 6.10 Å². The van der Waals surface area contributed by atoms with Crippen LogP contribution in [0, 0.1) is 5.82 Å². The van der Waals surface area contributed by atoms with E-state index in [9.17, 15) is 9.18 Å². The summed E-state index contributed by atoms with van der Waals surface area (Å²) < 4.78 is 19.4. The molecule has 1 atom stereocenters. The second-order valence-electron chi connectivity index (χ2n) is 4.46. The number of nitrogens with one attached hydrogen (secondary N) is 1. The van der Waals surface area contributed by atoms with Gasteiger partial charge in [0.05, 0.1) is 0 Å². The normalized spacial score (nSPS) is 11.8. The lowest BCUT2D eigenvalue weighted by molar-refractivity contribution is -0.122. The molecule has 5 heteroatoms. The van der Waals surface area contributed by atoms with Crippen molar-refractivity contribution in [3.8, 4) is 5.75 Å². The second kappa shape index (κ2) is 7.22. The fraction of sp³-hybridized carbons (Fsp3) is 0.188. The van der Waals surface area contributed by atoms with Crippen molar-refractivity contribution in [1.29, 1.82) is 0 Å². The lowest BCUT2D eigenvalue weighted by Crippen LogP contribution is -2.32. The van der Waals surface area contributed by atoms with Crippen LogP contribution in [0.5, 0.6) is 5.75 Å². The zero-order valence-electron chi connectivity index (χ0n) is 11.5. The van der Waals surface area contributed by atoms with Gasteiger partial charge >= 0.3 is 0 Å². The topological polar surface area (TPSA) is 38.3 Å². The van der Waals surface area contributed by atoms with Crippen molar-refractivity contribution in [2.75, 3.05) is 5.32 Å². The molecule has 2 aromatic rings. The van der Waals surface area contributed by atoms with Gasteiger partial charge in [0.1, 0.15) is 11.6 Å². The molecule has 1 N–H and O–H groups in total. The third-order valence-corrected chi connectivity index (χ3v) is 3.40. The van der Waals surface area contributed by atoms with Crippen LogP contribution in [0.1, 0.15) is 13.3 Å². The third kappa shape index (κ3) is 4.56. The van der Waals surface area contributed by atoms with Crippen LogP contribution < -0.4 is 10.1 Å². The monoisotopic (exact) mass is 351 g/mol. The summed E-state index contributed by atoms with van der Waals surface area (Å²) in [6, 6.07) is 12.9. The molecule has 0 saturated carbocycles. The van der Waals surface area contributed by atoms with Gasteiger partial charge in [-0.05, 0) is 55.0 Å². The lowest BCUT2D eigenvalue weighted by Gasteiger charge is -2.17. The number of ether oxygens (including phenoxy) is 1. The van der Waals surface area contributed by atoms with E-state index in [4.69, 9.17) is 4.74 Å². The van der Waals surface area contributed by atoms with Crippen LogP contribution in [0.4, 0.5) is 10.1 Å². The van der Waals surface area contributed by atoms with Gasteiger partial charge < -0.3 is 10.1 Å². The minimum Gasteiger partial charge on any atom is -0.481 e. The third-order valence-electron chi connectivity index (χ3n) is 2.87. The van der Waals surface area contributed by atoms with Crippen molar-refractivity contribution in [2.45, 2.75) is 19.4 Å². The Balaban J connectivity index is 2.01. The van der Waals surface area contributed by atoms with E-state index in [0.29, 0.717) is 17.9 Å². The van der Waals surface area contributed by atoms with Crippen molar-refractivity contribution >= 4 is 27.5 Å². The van der Waals surface area contributed by atoms with Crippen LogP contribution in [0.15, 0.2) is 53.0 Å². The summed E-state index contributed by atoms with van der Waals surface area (Å²) in [6.07, 6.45) is -0.112. The largest absolute Gasteiger partial charge is 0.481 e. The molecule has 0 aromatic heterocycles. The summed E-state index contributed by atoms with van der Waals surface area (Å²) in [6.45, 7) is 1.86. The predicted octanol–water partition coefficient (Wildman–Crippen LogP) is 4.38. The molecule has 0 bridgehead atoms. The molecule has 0 saturated heterocycles. The van der Waals surface area contributed by atoms with Crippen LogP contribution >= 0.6 is 15.9 Å². The number of hydrogen-bond donors (Lipinski definition) is 1. The predicted molar refractivity (Wildman–Crippen MR) is 83.9 cm³/mol. The maximum Gasteiger partial charge on any atom is 0.265 e. The smallest absolute Gasteiger partial charge is 0.265 e. The Morgan fingerprint density at radius 3 is 2.38 bits per heavy atom. The average molecular weight is 352 g/mol. The van der Waals surface area contributed by atoms with Gasteiger partial charge in [-0.3, -0.25) is 4.79 Å². The highest BCUT2D eigenvalue weighted by atomic mass is 79.9. The molecule has 1 unspecified atom stereocenters. The van der Waals surface area contributed by atoms with Gasteiger partial charge in [-0.1, -0.05) is 22.9 Å². The highest BCUT2D eigenvalue weighted by Crippen LogP contribution is 2.17. The van der Waals surface area contributed by atoms with Gasteiger partial charge in [-0.25, -0.2) is 4.39 Å². The first kappa shape index (κ1) is 15.5. The van der Waals surface area contributed by atoms with E-state index in [1.165, 1.54) is 24.3 Å². The SMILES string of the molecule is CCC(Oc1ccc(F)cc1)C(=O)Nc1ccc(Br)cc1. The first-order valence-electron chi connectivity index (χ1n) is 6.57. The lowest BCUT2D eigenvalue weighted by atomic mass is 10.2. The maximum atomic E-state index is 12.8. The standard InChI is InChI=1S/C16H15BrFNO2/c1-2-15(21-14-9-5-12(18)6-10-14)16(20)19-13-7-3-11(17)4-8-13/h3-10,15H,2H2,1H3,(H,19,20). The molecule has 0 aliphatic rings. The van der Waals surface area contributed by atoms with E-state index in [1.807, 2.05) is 19.1 Å². The number of carbonyl (C=O) groups is 1. The average Bonchev–Trinajstić information content (AvgIpc) is 2.49. The molecule has 0 heterocycles. The van der Waals surface area contributed by atoms with Gasteiger partial charge in [-0.15, -0.1) is 0 Å². The van der Waals surface area contributed by atoms with Crippen molar-refractivity contribution < 1.29 is 13.9 Å². The Morgan fingerprint density at radius 1 is 1.19 bits per heavy atom. The van der Waals surface area contributed by atoms with Crippen molar-refractivity contribution in [3.63, 3.8) is 0 Å². The Morgan fingerprint density at radius 2 is 1.81 bits per heavy atom. The summed E-state index contributed by atoms with van der Waals surface area (Å²) in [4.78, 5) is 12.2. The summed E-state index contributed by atoms with van der Waals surface area (Å²) in [5.74, 6) is -0.104. The number of benzene rings is 2. The summed E-state index contributed by atoms with van der Waals surface area (Å²) in [5, 5.41) is 2.79. The van der Waals surface area contributed by atoms with Gasteiger partial charge in [0, 0.05) is 10.2 Å². The van der Waals surface area contributed by atoms with Crippen LogP contribution in [-0.2, 0) is 4.79 Å². The molecule has 2 aromatic carbocycles. The maximum absolute atomic E-state index is 12.8. The molecule has 0 aliphatic carbocycles. The molecule has 0 aliphatic heterocycles. The van der Waals surface area contributed by atoms with E-state index in [-0.39, 0.29) is 11.7 Å². The molecular weight excluding hydrogens is 337 g/mol. The highest BCUT2D eigenvalue weighted by Gasteiger charge is 2.18. The first-order chi connectivity index (χ1) is 10.1. The fourth-order valence-corrected chi connectivity index (χ4v) is 2.02. The molecule has 3 nitrogen and oxygen atoms in total. The molecule has 21 heavy (non-hydrogen) atoms. The van der Waals surface area contributed by atoms with E-state index in [0.717, 1.165) is 4.47 Å².